The van der Waals surface area contributed by atoms with Crippen molar-refractivity contribution in [2.24, 2.45) is 5.92 Å². The van der Waals surface area contributed by atoms with E-state index in [2.05, 4.69) is 6.92 Å². The first-order chi connectivity index (χ1) is 9.70. The lowest BCUT2D eigenvalue weighted by Gasteiger charge is -2.31. The second-order valence-corrected chi connectivity index (χ2v) is 5.69. The number of benzene rings is 1. The predicted molar refractivity (Wildman–Crippen MR) is 76.4 cm³/mol. The van der Waals surface area contributed by atoms with Gasteiger partial charge < -0.3 is 14.4 Å². The zero-order chi connectivity index (χ0) is 14.1. The summed E-state index contributed by atoms with van der Waals surface area (Å²) in [7, 11) is 0. The number of likely N-dealkylation sites (tertiary alicyclic amines) is 1. The summed E-state index contributed by atoms with van der Waals surface area (Å²) in [4.78, 5) is 14.4. The fourth-order valence-corrected chi connectivity index (χ4v) is 3.31. The Kier molecular flexibility index (Phi) is 3.74. The summed E-state index contributed by atoms with van der Waals surface area (Å²) in [6, 6.07) is 7.52. The number of amides is 1. The van der Waals surface area contributed by atoms with Gasteiger partial charge in [0.1, 0.15) is 6.61 Å². The zero-order valence-corrected chi connectivity index (χ0v) is 12.2. The number of alkyl halides is 1. The molecule has 0 N–H and O–H groups in total. The van der Waals surface area contributed by atoms with E-state index in [9.17, 15) is 4.79 Å². The van der Waals surface area contributed by atoms with E-state index < -0.39 is 6.10 Å². The van der Waals surface area contributed by atoms with Crippen molar-refractivity contribution in [1.29, 1.82) is 0 Å². The first kappa shape index (κ1) is 13.6. The van der Waals surface area contributed by atoms with Crippen molar-refractivity contribution in [3.63, 3.8) is 0 Å². The van der Waals surface area contributed by atoms with Gasteiger partial charge in [0, 0.05) is 18.5 Å². The molecule has 2 aliphatic heterocycles. The Morgan fingerprint density at radius 1 is 1.40 bits per heavy atom. The summed E-state index contributed by atoms with van der Waals surface area (Å²) >= 11 is 6.00. The molecule has 0 spiro atoms. The van der Waals surface area contributed by atoms with Crippen molar-refractivity contribution in [2.75, 3.05) is 19.0 Å². The van der Waals surface area contributed by atoms with E-state index in [1.165, 1.54) is 0 Å². The van der Waals surface area contributed by atoms with E-state index in [0.29, 0.717) is 23.3 Å². The molecule has 20 heavy (non-hydrogen) atoms. The minimum absolute atomic E-state index is 0.0190. The van der Waals surface area contributed by atoms with Crippen molar-refractivity contribution < 1.29 is 14.3 Å². The molecular weight excluding hydrogens is 278 g/mol. The molecule has 1 amide bonds. The largest absolute Gasteiger partial charge is 0.485 e. The third kappa shape index (κ3) is 2.33. The number of hydrogen-bond donors (Lipinski definition) is 0. The van der Waals surface area contributed by atoms with Crippen LogP contribution in [0.5, 0.6) is 11.5 Å². The van der Waals surface area contributed by atoms with E-state index >= 15 is 0 Å². The normalized spacial score (nSPS) is 28.5. The van der Waals surface area contributed by atoms with Gasteiger partial charge >= 0.3 is 0 Å². The average molecular weight is 296 g/mol. The van der Waals surface area contributed by atoms with Gasteiger partial charge in [-0.05, 0) is 24.5 Å². The van der Waals surface area contributed by atoms with Gasteiger partial charge in [0.05, 0.1) is 0 Å². The number of fused-ring (bicyclic) bond motifs is 1. The minimum atomic E-state index is -0.569. The third-order valence-corrected chi connectivity index (χ3v) is 4.42. The molecule has 2 aliphatic rings. The molecule has 0 saturated carbocycles. The molecular formula is C15H18ClNO3. The van der Waals surface area contributed by atoms with Gasteiger partial charge in [-0.3, -0.25) is 4.79 Å². The van der Waals surface area contributed by atoms with Gasteiger partial charge in [-0.15, -0.1) is 11.6 Å². The van der Waals surface area contributed by atoms with E-state index in [4.69, 9.17) is 21.1 Å². The van der Waals surface area contributed by atoms with Crippen LogP contribution in [0.2, 0.25) is 0 Å². The van der Waals surface area contributed by atoms with Crippen molar-refractivity contribution >= 4 is 17.5 Å². The maximum absolute atomic E-state index is 12.6. The second-order valence-electron chi connectivity index (χ2n) is 5.38. The maximum atomic E-state index is 12.6. The van der Waals surface area contributed by atoms with E-state index in [0.717, 1.165) is 13.0 Å². The highest BCUT2D eigenvalue weighted by Crippen LogP contribution is 2.32. The van der Waals surface area contributed by atoms with Crippen LogP contribution in [0.25, 0.3) is 0 Å². The average Bonchev–Trinajstić information content (AvgIpc) is 2.86. The standard InChI is InChI=1S/C15H18ClNO3/c1-10-6-7-17(11(10)8-16)15(18)14-9-19-12-4-2-3-5-13(12)20-14/h2-5,10-11,14H,6-9H2,1H3. The van der Waals surface area contributed by atoms with Crippen LogP contribution >= 0.6 is 11.6 Å². The highest BCUT2D eigenvalue weighted by molar-refractivity contribution is 6.18. The quantitative estimate of drug-likeness (QED) is 0.786. The van der Waals surface area contributed by atoms with Gasteiger partial charge in [-0.1, -0.05) is 19.1 Å². The molecule has 2 heterocycles. The number of ether oxygens (including phenoxy) is 2. The number of halogens is 1. The van der Waals surface area contributed by atoms with Gasteiger partial charge in [0.2, 0.25) is 6.10 Å². The zero-order valence-electron chi connectivity index (χ0n) is 11.4. The number of nitrogens with zero attached hydrogens (tertiary/aromatic N) is 1. The third-order valence-electron chi connectivity index (χ3n) is 4.11. The predicted octanol–water partition coefficient (Wildman–Crippen LogP) is 2.30. The Bertz CT molecular complexity index is 508. The van der Waals surface area contributed by atoms with Crippen molar-refractivity contribution in [2.45, 2.75) is 25.5 Å². The highest BCUT2D eigenvalue weighted by Gasteiger charge is 2.39. The van der Waals surface area contributed by atoms with Crippen LogP contribution in [0.1, 0.15) is 13.3 Å². The van der Waals surface area contributed by atoms with Crippen LogP contribution in [-0.4, -0.2) is 42.0 Å². The van der Waals surface area contributed by atoms with E-state index in [-0.39, 0.29) is 18.6 Å². The van der Waals surface area contributed by atoms with Crippen molar-refractivity contribution in [3.8, 4) is 11.5 Å². The number of rotatable bonds is 2. The summed E-state index contributed by atoms with van der Waals surface area (Å²) in [5.74, 6) is 2.21. The molecule has 5 heteroatoms. The Morgan fingerprint density at radius 2 is 2.15 bits per heavy atom. The summed E-state index contributed by atoms with van der Waals surface area (Å²) in [5, 5.41) is 0. The van der Waals surface area contributed by atoms with Gasteiger partial charge in [-0.2, -0.15) is 0 Å². The van der Waals surface area contributed by atoms with Crippen LogP contribution in [-0.2, 0) is 4.79 Å². The van der Waals surface area contributed by atoms with Gasteiger partial charge in [0.25, 0.3) is 5.91 Å². The van der Waals surface area contributed by atoms with Crippen molar-refractivity contribution in [3.05, 3.63) is 24.3 Å². The number of hydrogen-bond acceptors (Lipinski definition) is 3. The van der Waals surface area contributed by atoms with Crippen molar-refractivity contribution in [1.82, 2.24) is 4.90 Å². The monoisotopic (exact) mass is 295 g/mol. The number of para-hydroxylation sites is 2. The van der Waals surface area contributed by atoms with E-state index in [1.807, 2.05) is 29.2 Å². The Balaban J connectivity index is 1.73. The fraction of sp³-hybridized carbons (Fsp3) is 0.533. The maximum Gasteiger partial charge on any atom is 0.267 e. The van der Waals surface area contributed by atoms with Crippen LogP contribution in [0.3, 0.4) is 0 Å². The van der Waals surface area contributed by atoms with E-state index in [1.54, 1.807) is 0 Å². The first-order valence-corrected chi connectivity index (χ1v) is 7.49. The van der Waals surface area contributed by atoms with Crippen LogP contribution in [0.4, 0.5) is 0 Å². The lowest BCUT2D eigenvalue weighted by atomic mass is 10.0. The highest BCUT2D eigenvalue weighted by atomic mass is 35.5. The van der Waals surface area contributed by atoms with Gasteiger partial charge in [-0.25, -0.2) is 0 Å². The molecule has 0 aromatic heterocycles. The molecule has 0 radical (unpaired) electrons. The lowest BCUT2D eigenvalue weighted by Crippen LogP contribution is -2.49. The molecule has 3 rings (SSSR count). The molecule has 1 aromatic carbocycles. The molecule has 0 aliphatic carbocycles. The van der Waals surface area contributed by atoms with Crippen LogP contribution in [0, 0.1) is 5.92 Å². The molecule has 1 aromatic rings. The lowest BCUT2D eigenvalue weighted by molar-refractivity contribution is -0.142. The molecule has 4 nitrogen and oxygen atoms in total. The molecule has 0 bridgehead atoms. The Morgan fingerprint density at radius 3 is 2.90 bits per heavy atom. The minimum Gasteiger partial charge on any atom is -0.485 e. The smallest absolute Gasteiger partial charge is 0.267 e. The molecule has 3 unspecified atom stereocenters. The molecule has 1 saturated heterocycles. The molecule has 1 fully saturated rings. The molecule has 3 atom stereocenters. The Hall–Kier alpha value is -1.42. The number of carbonyl (C=O) groups excluding carboxylic acids is 1. The summed E-state index contributed by atoms with van der Waals surface area (Å²) < 4.78 is 11.4. The fourth-order valence-electron chi connectivity index (χ4n) is 2.84. The summed E-state index contributed by atoms with van der Waals surface area (Å²) in [6.45, 7) is 3.14. The second kappa shape index (κ2) is 5.52. The summed E-state index contributed by atoms with van der Waals surface area (Å²) in [5.41, 5.74) is 0. The summed E-state index contributed by atoms with van der Waals surface area (Å²) in [6.07, 6.45) is 0.425. The first-order valence-electron chi connectivity index (χ1n) is 6.95. The van der Waals surface area contributed by atoms with Gasteiger partial charge in [0.15, 0.2) is 11.5 Å². The number of carbonyl (C=O) groups is 1. The SMILES string of the molecule is CC1CCN(C(=O)C2COc3ccccc3O2)C1CCl. The van der Waals surface area contributed by atoms with Crippen LogP contribution in [0.15, 0.2) is 24.3 Å². The molecule has 108 valence electrons. The van der Waals surface area contributed by atoms with Crippen LogP contribution < -0.4 is 9.47 Å². The topological polar surface area (TPSA) is 38.8 Å². The Labute approximate surface area is 123 Å².